The SMILES string of the molecule is CCCNC(CCC(C)C)c1ccc(OC)c(Br)c1. The van der Waals surface area contributed by atoms with Crippen LogP contribution in [-0.4, -0.2) is 13.7 Å². The fourth-order valence-electron chi connectivity index (χ4n) is 2.10. The van der Waals surface area contributed by atoms with E-state index in [-0.39, 0.29) is 0 Å². The minimum Gasteiger partial charge on any atom is -0.496 e. The third-order valence-corrected chi connectivity index (χ3v) is 3.87. The Morgan fingerprint density at radius 3 is 2.53 bits per heavy atom. The monoisotopic (exact) mass is 327 g/mol. The lowest BCUT2D eigenvalue weighted by molar-refractivity contribution is 0.410. The van der Waals surface area contributed by atoms with Gasteiger partial charge in [0, 0.05) is 6.04 Å². The molecular formula is C16H26BrNO. The van der Waals surface area contributed by atoms with Gasteiger partial charge in [-0.05, 0) is 65.4 Å². The summed E-state index contributed by atoms with van der Waals surface area (Å²) >= 11 is 3.57. The van der Waals surface area contributed by atoms with Crippen molar-refractivity contribution in [2.45, 2.75) is 46.1 Å². The number of benzene rings is 1. The second-order valence-electron chi connectivity index (χ2n) is 5.37. The Morgan fingerprint density at radius 1 is 1.26 bits per heavy atom. The maximum absolute atomic E-state index is 5.29. The first-order valence-electron chi connectivity index (χ1n) is 7.15. The number of hydrogen-bond acceptors (Lipinski definition) is 2. The maximum Gasteiger partial charge on any atom is 0.133 e. The van der Waals surface area contributed by atoms with E-state index in [9.17, 15) is 0 Å². The lowest BCUT2D eigenvalue weighted by Crippen LogP contribution is -2.22. The molecule has 3 heteroatoms. The van der Waals surface area contributed by atoms with E-state index in [4.69, 9.17) is 4.74 Å². The van der Waals surface area contributed by atoms with E-state index >= 15 is 0 Å². The number of ether oxygens (including phenoxy) is 1. The van der Waals surface area contributed by atoms with Crippen LogP contribution in [0.1, 0.15) is 51.6 Å². The quantitative estimate of drug-likeness (QED) is 0.730. The van der Waals surface area contributed by atoms with Gasteiger partial charge in [-0.15, -0.1) is 0 Å². The largest absolute Gasteiger partial charge is 0.496 e. The minimum absolute atomic E-state index is 0.435. The number of halogens is 1. The highest BCUT2D eigenvalue weighted by Gasteiger charge is 2.13. The summed E-state index contributed by atoms with van der Waals surface area (Å²) in [6, 6.07) is 6.81. The molecular weight excluding hydrogens is 302 g/mol. The van der Waals surface area contributed by atoms with Crippen molar-refractivity contribution in [3.8, 4) is 5.75 Å². The zero-order valence-corrected chi connectivity index (χ0v) is 14.1. The standard InChI is InChI=1S/C16H26BrNO/c1-5-10-18-15(8-6-12(2)3)13-7-9-16(19-4)14(17)11-13/h7,9,11-12,15,18H,5-6,8,10H2,1-4H3. The van der Waals surface area contributed by atoms with E-state index in [2.05, 4.69) is 54.2 Å². The van der Waals surface area contributed by atoms with Crippen molar-refractivity contribution in [2.24, 2.45) is 5.92 Å². The summed E-state index contributed by atoms with van der Waals surface area (Å²) in [5.41, 5.74) is 1.33. The highest BCUT2D eigenvalue weighted by molar-refractivity contribution is 9.10. The Kier molecular flexibility index (Phi) is 7.47. The topological polar surface area (TPSA) is 21.3 Å². The first-order valence-corrected chi connectivity index (χ1v) is 7.94. The van der Waals surface area contributed by atoms with E-state index in [0.29, 0.717) is 6.04 Å². The molecule has 0 aliphatic carbocycles. The van der Waals surface area contributed by atoms with Gasteiger partial charge in [0.1, 0.15) is 5.75 Å². The Morgan fingerprint density at radius 2 is 2.00 bits per heavy atom. The normalized spacial score (nSPS) is 12.7. The molecule has 108 valence electrons. The smallest absolute Gasteiger partial charge is 0.133 e. The zero-order chi connectivity index (χ0) is 14.3. The summed E-state index contributed by atoms with van der Waals surface area (Å²) in [6.07, 6.45) is 3.58. The molecule has 1 N–H and O–H groups in total. The van der Waals surface area contributed by atoms with Gasteiger partial charge in [0.25, 0.3) is 0 Å². The Hall–Kier alpha value is -0.540. The van der Waals surface area contributed by atoms with Crippen LogP contribution >= 0.6 is 15.9 Å². The van der Waals surface area contributed by atoms with Crippen molar-refractivity contribution in [3.63, 3.8) is 0 Å². The molecule has 1 rings (SSSR count). The Balaban J connectivity index is 2.80. The van der Waals surface area contributed by atoms with Crippen LogP contribution in [0, 0.1) is 5.92 Å². The summed E-state index contributed by atoms with van der Waals surface area (Å²) in [5, 5.41) is 3.64. The molecule has 0 saturated heterocycles. The first-order chi connectivity index (χ1) is 9.08. The summed E-state index contributed by atoms with van der Waals surface area (Å²) < 4.78 is 6.32. The molecule has 0 spiro atoms. The second-order valence-corrected chi connectivity index (χ2v) is 6.23. The number of nitrogens with one attached hydrogen (secondary N) is 1. The van der Waals surface area contributed by atoms with Gasteiger partial charge in [-0.1, -0.05) is 26.8 Å². The van der Waals surface area contributed by atoms with Gasteiger partial charge < -0.3 is 10.1 Å². The molecule has 2 nitrogen and oxygen atoms in total. The fourth-order valence-corrected chi connectivity index (χ4v) is 2.66. The van der Waals surface area contributed by atoms with Crippen molar-refractivity contribution >= 4 is 15.9 Å². The third kappa shape index (κ3) is 5.53. The Labute approximate surface area is 126 Å². The van der Waals surface area contributed by atoms with Crippen molar-refractivity contribution in [3.05, 3.63) is 28.2 Å². The average molecular weight is 328 g/mol. The lowest BCUT2D eigenvalue weighted by atomic mass is 9.97. The van der Waals surface area contributed by atoms with E-state index < -0.39 is 0 Å². The molecule has 0 bridgehead atoms. The number of methoxy groups -OCH3 is 1. The molecule has 0 saturated carbocycles. The molecule has 1 atom stereocenters. The molecule has 1 aromatic carbocycles. The maximum atomic E-state index is 5.29. The van der Waals surface area contributed by atoms with Crippen LogP contribution in [0.2, 0.25) is 0 Å². The average Bonchev–Trinajstić information content (AvgIpc) is 2.38. The predicted octanol–water partition coefficient (Wildman–Crippen LogP) is 4.93. The van der Waals surface area contributed by atoms with E-state index in [0.717, 1.165) is 29.1 Å². The molecule has 1 aromatic rings. The van der Waals surface area contributed by atoms with Crippen molar-refractivity contribution in [2.75, 3.05) is 13.7 Å². The van der Waals surface area contributed by atoms with E-state index in [1.807, 2.05) is 6.07 Å². The van der Waals surface area contributed by atoms with Gasteiger partial charge >= 0.3 is 0 Å². The van der Waals surface area contributed by atoms with Gasteiger partial charge in [0.15, 0.2) is 0 Å². The van der Waals surface area contributed by atoms with Gasteiger partial charge in [-0.2, -0.15) is 0 Å². The van der Waals surface area contributed by atoms with Gasteiger partial charge in [0.2, 0.25) is 0 Å². The molecule has 0 aliphatic rings. The molecule has 0 fully saturated rings. The summed E-state index contributed by atoms with van der Waals surface area (Å²) in [4.78, 5) is 0. The minimum atomic E-state index is 0.435. The summed E-state index contributed by atoms with van der Waals surface area (Å²) in [7, 11) is 1.70. The van der Waals surface area contributed by atoms with Crippen LogP contribution in [0.4, 0.5) is 0 Å². The van der Waals surface area contributed by atoms with Crippen LogP contribution in [0.3, 0.4) is 0 Å². The molecule has 0 amide bonds. The number of rotatable bonds is 8. The van der Waals surface area contributed by atoms with Crippen LogP contribution in [0.25, 0.3) is 0 Å². The molecule has 0 radical (unpaired) electrons. The highest BCUT2D eigenvalue weighted by Crippen LogP contribution is 2.30. The molecule has 1 unspecified atom stereocenters. The van der Waals surface area contributed by atoms with Crippen LogP contribution in [0.15, 0.2) is 22.7 Å². The molecule has 0 aromatic heterocycles. The third-order valence-electron chi connectivity index (χ3n) is 3.25. The lowest BCUT2D eigenvalue weighted by Gasteiger charge is -2.21. The molecule has 0 heterocycles. The highest BCUT2D eigenvalue weighted by atomic mass is 79.9. The van der Waals surface area contributed by atoms with Gasteiger partial charge in [-0.25, -0.2) is 0 Å². The van der Waals surface area contributed by atoms with E-state index in [1.54, 1.807) is 7.11 Å². The van der Waals surface area contributed by atoms with Crippen molar-refractivity contribution < 1.29 is 4.74 Å². The van der Waals surface area contributed by atoms with Gasteiger partial charge in [0.05, 0.1) is 11.6 Å². The molecule has 0 aliphatic heterocycles. The molecule has 19 heavy (non-hydrogen) atoms. The van der Waals surface area contributed by atoms with Crippen molar-refractivity contribution in [1.29, 1.82) is 0 Å². The van der Waals surface area contributed by atoms with Crippen LogP contribution < -0.4 is 10.1 Å². The Bertz CT molecular complexity index is 379. The second kappa shape index (κ2) is 8.60. The van der Waals surface area contributed by atoms with Crippen LogP contribution in [0.5, 0.6) is 5.75 Å². The summed E-state index contributed by atoms with van der Waals surface area (Å²) in [6.45, 7) is 7.82. The fraction of sp³-hybridized carbons (Fsp3) is 0.625. The van der Waals surface area contributed by atoms with Crippen LogP contribution in [-0.2, 0) is 0 Å². The van der Waals surface area contributed by atoms with E-state index in [1.165, 1.54) is 18.4 Å². The summed E-state index contributed by atoms with van der Waals surface area (Å²) in [5.74, 6) is 1.63. The predicted molar refractivity (Wildman–Crippen MR) is 85.8 cm³/mol. The first kappa shape index (κ1) is 16.5. The zero-order valence-electron chi connectivity index (χ0n) is 12.5. The van der Waals surface area contributed by atoms with Gasteiger partial charge in [-0.3, -0.25) is 0 Å². The number of hydrogen-bond donors (Lipinski definition) is 1. The van der Waals surface area contributed by atoms with Crippen molar-refractivity contribution in [1.82, 2.24) is 5.32 Å².